The van der Waals surface area contributed by atoms with Crippen LogP contribution < -0.4 is 31.8 Å². The minimum absolute atomic E-state index is 0. The summed E-state index contributed by atoms with van der Waals surface area (Å²) in [6, 6.07) is 50.6. The summed E-state index contributed by atoms with van der Waals surface area (Å²) in [5, 5.41) is 29.4. The van der Waals surface area contributed by atoms with Crippen molar-refractivity contribution in [3.8, 4) is 11.5 Å². The quantitative estimate of drug-likeness (QED) is 0.164. The van der Waals surface area contributed by atoms with Crippen LogP contribution in [0.1, 0.15) is 63.8 Å². The third kappa shape index (κ3) is 11.6. The molecule has 6 aromatic carbocycles. The van der Waals surface area contributed by atoms with Crippen LogP contribution >= 0.6 is 40.7 Å². The maximum atomic E-state index is 11.2. The van der Waals surface area contributed by atoms with Gasteiger partial charge in [-0.1, -0.05) is 175 Å². The summed E-state index contributed by atoms with van der Waals surface area (Å²) < 4.78 is 0. The minimum atomic E-state index is -0.796. The number of hydrogen-bond acceptors (Lipinski definition) is 2. The maximum absolute atomic E-state index is 11.2. The zero-order valence-electron chi connectivity index (χ0n) is 32.0. The van der Waals surface area contributed by atoms with Gasteiger partial charge in [-0.25, -0.2) is 0 Å². The number of halogens is 2. The van der Waals surface area contributed by atoms with Crippen molar-refractivity contribution in [2.45, 2.75) is 66.2 Å². The Morgan fingerprint density at radius 2 is 0.623 bits per heavy atom. The van der Waals surface area contributed by atoms with E-state index < -0.39 is 15.8 Å². The number of aryl methyl sites for hydroxylation is 2. The fraction of sp³-hybridized carbons (Fsp3) is 0.217. The van der Waals surface area contributed by atoms with Gasteiger partial charge < -0.3 is 10.2 Å². The Balaban J connectivity index is 0.000000347. The van der Waals surface area contributed by atoms with Gasteiger partial charge in [-0.2, -0.15) is 0 Å². The van der Waals surface area contributed by atoms with Crippen LogP contribution in [0.25, 0.3) is 0 Å². The predicted molar refractivity (Wildman–Crippen MR) is 235 cm³/mol. The Morgan fingerprint density at radius 1 is 0.396 bits per heavy atom. The molecule has 0 amide bonds. The molecular formula is C46H52Cl2O2P2Zr. The molecule has 6 rings (SSSR count). The molecule has 2 nitrogen and oxygen atoms in total. The van der Waals surface area contributed by atoms with Crippen LogP contribution in [-0.2, 0) is 37.0 Å². The summed E-state index contributed by atoms with van der Waals surface area (Å²) in [5.41, 5.74) is 4.22. The molecule has 0 aliphatic carbocycles. The van der Waals surface area contributed by atoms with E-state index in [-0.39, 0.29) is 61.8 Å². The average molecular weight is 861 g/mol. The molecule has 0 saturated carbocycles. The van der Waals surface area contributed by atoms with Crippen molar-refractivity contribution in [3.63, 3.8) is 0 Å². The van der Waals surface area contributed by atoms with Crippen molar-refractivity contribution < 1.29 is 36.4 Å². The number of hydrogen-bond donors (Lipinski definition) is 2. The fourth-order valence-corrected chi connectivity index (χ4v) is 11.1. The first-order valence-corrected chi connectivity index (χ1v) is 19.9. The molecule has 2 N–H and O–H groups in total. The number of phenolic OH excluding ortho intramolecular Hbond substituents is 2. The number of aromatic hydroxyl groups is 2. The Bertz CT molecular complexity index is 1790. The molecule has 0 aliphatic heterocycles. The Labute approximate surface area is 352 Å². The monoisotopic (exact) mass is 858 g/mol. The van der Waals surface area contributed by atoms with Crippen molar-refractivity contribution in [1.29, 1.82) is 0 Å². The second-order valence-corrected chi connectivity index (χ2v) is 19.2. The molecule has 0 fully saturated rings. The van der Waals surface area contributed by atoms with Crippen molar-refractivity contribution in [1.82, 2.24) is 0 Å². The van der Waals surface area contributed by atoms with Gasteiger partial charge in [-0.05, 0) is 85.0 Å². The third-order valence-corrected chi connectivity index (χ3v) is 13.5. The van der Waals surface area contributed by atoms with Crippen LogP contribution in [0.2, 0.25) is 0 Å². The van der Waals surface area contributed by atoms with Crippen LogP contribution in [-0.4, -0.2) is 10.2 Å². The molecule has 0 spiro atoms. The first kappa shape index (κ1) is 46.4. The molecule has 6 aromatic rings. The van der Waals surface area contributed by atoms with E-state index in [0.717, 1.165) is 21.7 Å². The van der Waals surface area contributed by atoms with E-state index in [0.29, 0.717) is 11.5 Å². The van der Waals surface area contributed by atoms with Gasteiger partial charge in [0, 0.05) is 47.9 Å². The van der Waals surface area contributed by atoms with E-state index in [1.165, 1.54) is 32.3 Å². The summed E-state index contributed by atoms with van der Waals surface area (Å²) in [6.45, 7) is 17.1. The second kappa shape index (κ2) is 20.2. The van der Waals surface area contributed by atoms with Crippen LogP contribution in [0.5, 0.6) is 11.5 Å². The van der Waals surface area contributed by atoms with Crippen LogP contribution in [0, 0.1) is 13.8 Å². The minimum Gasteiger partial charge on any atom is -0.507 e. The van der Waals surface area contributed by atoms with Gasteiger partial charge in [0.05, 0.1) is 0 Å². The molecule has 0 aliphatic rings. The summed E-state index contributed by atoms with van der Waals surface area (Å²) in [7, 11) is -1.59. The van der Waals surface area contributed by atoms with Gasteiger partial charge >= 0.3 is 0 Å². The molecule has 0 radical (unpaired) electrons. The zero-order chi connectivity index (χ0) is 36.1. The summed E-state index contributed by atoms with van der Waals surface area (Å²) in [4.78, 5) is 0. The third-order valence-electron chi connectivity index (χ3n) is 8.62. The fourth-order valence-electron chi connectivity index (χ4n) is 6.17. The SMILES string of the molecule is Cc1cc(P(c2ccccc2)c2ccccc2)c(O)c(C(C)(C)C)c1.Cc1cc(P(c2ccccc2)c2ccccc2)c(O)c(C(C)(C)C)c1.Cl.Cl.[Zr]. The van der Waals surface area contributed by atoms with Gasteiger partial charge in [-0.3, -0.25) is 0 Å². The van der Waals surface area contributed by atoms with E-state index in [1.807, 2.05) is 24.3 Å². The van der Waals surface area contributed by atoms with Gasteiger partial charge in [0.15, 0.2) is 0 Å². The maximum Gasteiger partial charge on any atom is 0.127 e. The van der Waals surface area contributed by atoms with E-state index in [2.05, 4.69) is 177 Å². The number of benzene rings is 6. The second-order valence-electron chi connectivity index (χ2n) is 14.9. The van der Waals surface area contributed by atoms with Crippen molar-refractivity contribution in [2.24, 2.45) is 0 Å². The van der Waals surface area contributed by atoms with E-state index in [9.17, 15) is 10.2 Å². The standard InChI is InChI=1S/2C23H25OP.2ClH.Zr/c2*1-17-15-20(23(2,3)4)22(24)21(16-17)25(18-11-7-5-8-12-18)19-13-9-6-10-14-19;;;/h2*5-16,24H,1-4H3;2*1H;. The molecule has 0 atom stereocenters. The van der Waals surface area contributed by atoms with Gasteiger partial charge in [0.2, 0.25) is 0 Å². The topological polar surface area (TPSA) is 40.5 Å². The van der Waals surface area contributed by atoms with Crippen LogP contribution in [0.15, 0.2) is 146 Å². The average Bonchev–Trinajstić information content (AvgIpc) is 3.09. The van der Waals surface area contributed by atoms with Gasteiger partial charge in [0.25, 0.3) is 0 Å². The molecule has 0 bridgehead atoms. The Kier molecular flexibility index (Phi) is 17.7. The first-order chi connectivity index (χ1) is 23.8. The number of rotatable bonds is 6. The summed E-state index contributed by atoms with van der Waals surface area (Å²) in [5.74, 6) is 0.883. The van der Waals surface area contributed by atoms with E-state index in [4.69, 9.17) is 0 Å². The molecule has 7 heteroatoms. The smallest absolute Gasteiger partial charge is 0.127 e. The summed E-state index contributed by atoms with van der Waals surface area (Å²) in [6.07, 6.45) is 0. The normalized spacial score (nSPS) is 11.1. The molecule has 0 saturated heterocycles. The molecule has 0 unspecified atom stereocenters. The van der Waals surface area contributed by atoms with Crippen molar-refractivity contribution >= 4 is 72.5 Å². The van der Waals surface area contributed by atoms with Crippen LogP contribution in [0.3, 0.4) is 0 Å². The van der Waals surface area contributed by atoms with Crippen molar-refractivity contribution in [2.75, 3.05) is 0 Å². The first-order valence-electron chi connectivity index (χ1n) is 17.2. The predicted octanol–water partition coefficient (Wildman–Crippen LogP) is 10.4. The summed E-state index contributed by atoms with van der Waals surface area (Å²) >= 11 is 0. The van der Waals surface area contributed by atoms with Crippen molar-refractivity contribution in [3.05, 3.63) is 168 Å². The Morgan fingerprint density at radius 3 is 0.830 bits per heavy atom. The van der Waals surface area contributed by atoms with E-state index >= 15 is 0 Å². The van der Waals surface area contributed by atoms with Gasteiger partial charge in [0.1, 0.15) is 11.5 Å². The number of phenols is 2. The molecule has 53 heavy (non-hydrogen) atoms. The molecule has 0 heterocycles. The van der Waals surface area contributed by atoms with Gasteiger partial charge in [-0.15, -0.1) is 24.8 Å². The molecule has 276 valence electrons. The molecule has 0 aromatic heterocycles. The molecular weight excluding hydrogens is 809 g/mol. The Hall–Kier alpha value is -2.76. The van der Waals surface area contributed by atoms with Crippen LogP contribution in [0.4, 0.5) is 0 Å². The largest absolute Gasteiger partial charge is 0.507 e. The zero-order valence-corrected chi connectivity index (χ0v) is 37.8. The van der Waals surface area contributed by atoms with E-state index in [1.54, 1.807) is 0 Å².